The number of benzene rings is 1. The van der Waals surface area contributed by atoms with Crippen molar-refractivity contribution in [2.45, 2.75) is 11.9 Å². The minimum Gasteiger partial charge on any atom is -0.398 e. The Kier molecular flexibility index (Phi) is 2.77. The van der Waals surface area contributed by atoms with Crippen LogP contribution >= 0.6 is 11.6 Å². The number of aliphatic hydroxyl groups excluding tert-OH is 1. The average Bonchev–Trinajstić information content (AvgIpc) is 2.27. The molecule has 2 atom stereocenters. The van der Waals surface area contributed by atoms with Crippen molar-refractivity contribution < 1.29 is 9.32 Å². The third kappa shape index (κ3) is 1.70. The third-order valence-electron chi connectivity index (χ3n) is 3.09. The van der Waals surface area contributed by atoms with Gasteiger partial charge in [0.25, 0.3) is 0 Å². The molecule has 1 aromatic carbocycles. The van der Waals surface area contributed by atoms with Crippen LogP contribution in [0.15, 0.2) is 18.2 Å². The van der Waals surface area contributed by atoms with E-state index in [0.717, 1.165) is 0 Å². The van der Waals surface area contributed by atoms with Gasteiger partial charge < -0.3 is 10.8 Å². The number of nitrogens with zero attached hydrogens (tertiary/aromatic N) is 1. The van der Waals surface area contributed by atoms with Gasteiger partial charge in [0.05, 0.1) is 39.5 Å². The molecule has 6 heteroatoms. The lowest BCUT2D eigenvalue weighted by atomic mass is 10.0. The third-order valence-corrected chi connectivity index (χ3v) is 4.69. The fourth-order valence-electron chi connectivity index (χ4n) is 2.32. The van der Waals surface area contributed by atoms with E-state index in [4.69, 9.17) is 17.3 Å². The van der Waals surface area contributed by atoms with Crippen LogP contribution in [0.25, 0.3) is 10.9 Å². The van der Waals surface area contributed by atoms with Crippen LogP contribution < -0.4 is 5.73 Å². The van der Waals surface area contributed by atoms with Crippen molar-refractivity contribution in [3.8, 4) is 0 Å². The monoisotopic (exact) mass is 282 g/mol. The number of hydrogen-bond acceptors (Lipinski definition) is 4. The highest BCUT2D eigenvalue weighted by Gasteiger charge is 2.27. The summed E-state index contributed by atoms with van der Waals surface area (Å²) in [5.41, 5.74) is 8.40. The molecule has 2 heterocycles. The second-order valence-electron chi connectivity index (χ2n) is 4.29. The van der Waals surface area contributed by atoms with Gasteiger partial charge in [-0.3, -0.25) is 9.19 Å². The molecule has 3 N–H and O–H groups in total. The topological polar surface area (TPSA) is 76.2 Å². The number of fused-ring (bicyclic) bond motifs is 2. The second-order valence-corrected chi connectivity index (χ2v) is 6.20. The number of halogens is 1. The molecule has 2 unspecified atom stereocenters. The van der Waals surface area contributed by atoms with Crippen molar-refractivity contribution in [1.29, 1.82) is 0 Å². The van der Waals surface area contributed by atoms with E-state index in [1.165, 1.54) is 0 Å². The van der Waals surface area contributed by atoms with E-state index in [1.54, 1.807) is 12.1 Å². The number of hydrogen-bond donors (Lipinski definition) is 2. The molecule has 1 aromatic heterocycles. The minimum absolute atomic E-state index is 0.203. The number of pyridine rings is 1. The highest BCUT2D eigenvalue weighted by Crippen LogP contribution is 2.37. The first-order chi connectivity index (χ1) is 8.58. The first kappa shape index (κ1) is 11.9. The summed E-state index contributed by atoms with van der Waals surface area (Å²) >= 11 is 6.12. The molecule has 0 saturated heterocycles. The lowest BCUT2D eigenvalue weighted by molar-refractivity contribution is 0.200. The normalized spacial score (nSPS) is 23.0. The van der Waals surface area contributed by atoms with Gasteiger partial charge in [-0.1, -0.05) is 17.7 Å². The van der Waals surface area contributed by atoms with Crippen LogP contribution in [0, 0.1) is 0 Å². The summed E-state index contributed by atoms with van der Waals surface area (Å²) in [6.07, 6.45) is -0.831. The van der Waals surface area contributed by atoms with Crippen molar-refractivity contribution in [2.75, 3.05) is 11.5 Å². The molecule has 1 aliphatic rings. The molecule has 0 radical (unpaired) electrons. The number of nitrogens with two attached hydrogens (primary N) is 1. The molecular weight excluding hydrogens is 272 g/mol. The zero-order chi connectivity index (χ0) is 12.9. The van der Waals surface area contributed by atoms with Crippen LogP contribution in [0.2, 0.25) is 5.02 Å². The van der Waals surface area contributed by atoms with Crippen LogP contribution in [0.4, 0.5) is 5.69 Å². The zero-order valence-electron chi connectivity index (χ0n) is 9.39. The summed E-state index contributed by atoms with van der Waals surface area (Å²) in [7, 11) is -1.09. The number of nitrogen functional groups attached to an aromatic ring is 1. The molecule has 0 fully saturated rings. The molecule has 0 bridgehead atoms. The number of rotatable bonds is 0. The van der Waals surface area contributed by atoms with E-state index in [9.17, 15) is 9.32 Å². The quantitative estimate of drug-likeness (QED) is 0.772. The fourth-order valence-corrected chi connectivity index (χ4v) is 3.75. The largest absolute Gasteiger partial charge is 0.398 e. The van der Waals surface area contributed by atoms with Gasteiger partial charge >= 0.3 is 0 Å². The Balaban J connectivity index is 2.39. The highest BCUT2D eigenvalue weighted by molar-refractivity contribution is 7.84. The van der Waals surface area contributed by atoms with Gasteiger partial charge in [-0.25, -0.2) is 0 Å². The minimum atomic E-state index is -1.09. The first-order valence-corrected chi connectivity index (χ1v) is 7.34. The van der Waals surface area contributed by atoms with E-state index in [-0.39, 0.29) is 5.75 Å². The summed E-state index contributed by atoms with van der Waals surface area (Å²) in [4.78, 5) is 4.42. The van der Waals surface area contributed by atoms with Crippen LogP contribution in [0.3, 0.4) is 0 Å². The smallest absolute Gasteiger partial charge is 0.0943 e. The summed E-state index contributed by atoms with van der Waals surface area (Å²) in [6.45, 7) is 0. The molecule has 2 aromatic rings. The Labute approximate surface area is 111 Å². The second kappa shape index (κ2) is 4.19. The van der Waals surface area contributed by atoms with E-state index in [1.807, 2.05) is 6.07 Å². The Morgan fingerprint density at radius 3 is 3.06 bits per heavy atom. The van der Waals surface area contributed by atoms with E-state index >= 15 is 0 Å². The lowest BCUT2D eigenvalue weighted by Crippen LogP contribution is -2.22. The fraction of sp³-hybridized carbons (Fsp3) is 0.250. The lowest BCUT2D eigenvalue weighted by Gasteiger charge is -2.23. The summed E-state index contributed by atoms with van der Waals surface area (Å²) < 4.78 is 11.6. The number of aliphatic hydroxyl groups is 1. The molecule has 18 heavy (non-hydrogen) atoms. The number of anilines is 1. The van der Waals surface area contributed by atoms with E-state index in [2.05, 4.69) is 4.98 Å². The summed E-state index contributed by atoms with van der Waals surface area (Å²) in [5.74, 6) is 0.536. The van der Waals surface area contributed by atoms with E-state index in [0.29, 0.717) is 38.6 Å². The van der Waals surface area contributed by atoms with Crippen molar-refractivity contribution >= 4 is 39.0 Å². The maximum Gasteiger partial charge on any atom is 0.0943 e. The molecule has 0 aliphatic carbocycles. The van der Waals surface area contributed by atoms with Gasteiger partial charge in [-0.15, -0.1) is 0 Å². The SMILES string of the molecule is Nc1c2c(nc3cccc(Cl)c13)CS(=O)CC2O. The van der Waals surface area contributed by atoms with E-state index < -0.39 is 16.9 Å². The van der Waals surface area contributed by atoms with Crippen molar-refractivity contribution in [3.63, 3.8) is 0 Å². The van der Waals surface area contributed by atoms with Gasteiger partial charge in [0.2, 0.25) is 0 Å². The van der Waals surface area contributed by atoms with Crippen LogP contribution in [0.5, 0.6) is 0 Å². The van der Waals surface area contributed by atoms with Gasteiger partial charge in [0.1, 0.15) is 0 Å². The van der Waals surface area contributed by atoms with Crippen LogP contribution in [0.1, 0.15) is 17.4 Å². The molecule has 0 saturated carbocycles. The van der Waals surface area contributed by atoms with Gasteiger partial charge in [0.15, 0.2) is 0 Å². The highest BCUT2D eigenvalue weighted by atomic mass is 35.5. The molecule has 0 amide bonds. The van der Waals surface area contributed by atoms with Gasteiger partial charge in [-0.05, 0) is 12.1 Å². The summed E-state index contributed by atoms with van der Waals surface area (Å²) in [5, 5.41) is 11.2. The molecule has 4 nitrogen and oxygen atoms in total. The van der Waals surface area contributed by atoms with Crippen LogP contribution in [-0.2, 0) is 16.6 Å². The van der Waals surface area contributed by atoms with Crippen molar-refractivity contribution in [3.05, 3.63) is 34.5 Å². The Hall–Kier alpha value is -1.17. The number of aromatic nitrogens is 1. The average molecular weight is 283 g/mol. The van der Waals surface area contributed by atoms with Gasteiger partial charge in [-0.2, -0.15) is 0 Å². The van der Waals surface area contributed by atoms with Crippen molar-refractivity contribution in [1.82, 2.24) is 4.98 Å². The predicted octanol–water partition coefficient (Wildman–Crippen LogP) is 1.77. The molecular formula is C12H11ClN2O2S. The Morgan fingerprint density at radius 1 is 1.50 bits per heavy atom. The Bertz CT molecular complexity index is 675. The predicted molar refractivity (Wildman–Crippen MR) is 72.8 cm³/mol. The van der Waals surface area contributed by atoms with Crippen molar-refractivity contribution in [2.24, 2.45) is 0 Å². The van der Waals surface area contributed by atoms with Crippen LogP contribution in [-0.4, -0.2) is 20.1 Å². The molecule has 1 aliphatic heterocycles. The molecule has 3 rings (SSSR count). The maximum atomic E-state index is 11.6. The molecule has 0 spiro atoms. The standard InChI is InChI=1S/C12H11ClN2O2S/c13-6-2-1-3-7-10(6)12(14)11-8(15-7)4-18(17)5-9(11)16/h1-3,9,16H,4-5H2,(H2,14,15). The van der Waals surface area contributed by atoms with Gasteiger partial charge in [0, 0.05) is 21.7 Å². The first-order valence-electron chi connectivity index (χ1n) is 5.47. The summed E-state index contributed by atoms with van der Waals surface area (Å²) in [6, 6.07) is 5.34. The molecule has 94 valence electrons. The maximum absolute atomic E-state index is 11.6. The Morgan fingerprint density at radius 2 is 2.28 bits per heavy atom. The zero-order valence-corrected chi connectivity index (χ0v) is 11.0.